The Morgan fingerprint density at radius 1 is 1.20 bits per heavy atom. The maximum atomic E-state index is 13.3. The van der Waals surface area contributed by atoms with E-state index < -0.39 is 0 Å². The molecule has 0 bridgehead atoms. The molecule has 0 unspecified atom stereocenters. The lowest BCUT2D eigenvalue weighted by Crippen LogP contribution is -2.35. The van der Waals surface area contributed by atoms with E-state index in [9.17, 15) is 4.79 Å². The predicted octanol–water partition coefficient (Wildman–Crippen LogP) is 5.32. The van der Waals surface area contributed by atoms with Crippen LogP contribution in [0.15, 0.2) is 48.7 Å². The third-order valence-corrected chi connectivity index (χ3v) is 5.59. The molecular formula is C25H29N3O2. The van der Waals surface area contributed by atoms with Crippen LogP contribution < -0.4 is 9.64 Å². The van der Waals surface area contributed by atoms with Crippen LogP contribution in [0.5, 0.6) is 5.75 Å². The van der Waals surface area contributed by atoms with Crippen LogP contribution in [-0.4, -0.2) is 22.2 Å². The Morgan fingerprint density at radius 3 is 2.67 bits per heavy atom. The number of benzene rings is 2. The van der Waals surface area contributed by atoms with E-state index in [1.165, 1.54) is 5.56 Å². The highest BCUT2D eigenvalue weighted by molar-refractivity contribution is 5.93. The Balaban J connectivity index is 1.62. The van der Waals surface area contributed by atoms with Crippen molar-refractivity contribution in [3.05, 3.63) is 65.4 Å². The third-order valence-electron chi connectivity index (χ3n) is 5.59. The number of fused-ring (bicyclic) bond motifs is 3. The van der Waals surface area contributed by atoms with Crippen molar-refractivity contribution in [1.82, 2.24) is 9.78 Å². The van der Waals surface area contributed by atoms with Gasteiger partial charge in [-0.1, -0.05) is 44.5 Å². The average Bonchev–Trinajstić information content (AvgIpc) is 3.15. The van der Waals surface area contributed by atoms with Crippen LogP contribution in [0.2, 0.25) is 0 Å². The predicted molar refractivity (Wildman–Crippen MR) is 120 cm³/mol. The molecule has 156 valence electrons. The van der Waals surface area contributed by atoms with Crippen molar-refractivity contribution >= 4 is 11.6 Å². The number of carbonyl (C=O) groups is 1. The molecule has 1 aromatic heterocycles. The van der Waals surface area contributed by atoms with Crippen LogP contribution in [0, 0.1) is 6.92 Å². The summed E-state index contributed by atoms with van der Waals surface area (Å²) in [6, 6.07) is 14.5. The third kappa shape index (κ3) is 3.84. The van der Waals surface area contributed by atoms with E-state index in [0.29, 0.717) is 19.1 Å². The van der Waals surface area contributed by atoms with Gasteiger partial charge < -0.3 is 9.64 Å². The van der Waals surface area contributed by atoms with Gasteiger partial charge in [-0.2, -0.15) is 5.10 Å². The molecule has 1 aliphatic heterocycles. The highest BCUT2D eigenvalue weighted by Gasteiger charge is 2.25. The minimum absolute atomic E-state index is 0.0424. The number of hydrogen-bond acceptors (Lipinski definition) is 3. The number of aromatic nitrogens is 2. The van der Waals surface area contributed by atoms with Gasteiger partial charge in [0.05, 0.1) is 11.9 Å². The average molecular weight is 404 g/mol. The Labute approximate surface area is 178 Å². The van der Waals surface area contributed by atoms with Gasteiger partial charge in [0, 0.05) is 23.4 Å². The summed E-state index contributed by atoms with van der Waals surface area (Å²) in [6.45, 7) is 9.87. The Hall–Kier alpha value is -3.08. The summed E-state index contributed by atoms with van der Waals surface area (Å²) in [5.41, 5.74) is 6.37. The van der Waals surface area contributed by atoms with Crippen molar-refractivity contribution in [3.63, 3.8) is 0 Å². The molecule has 0 aliphatic carbocycles. The molecule has 0 N–H and O–H groups in total. The van der Waals surface area contributed by atoms with E-state index in [4.69, 9.17) is 4.74 Å². The van der Waals surface area contributed by atoms with Gasteiger partial charge in [0.2, 0.25) is 5.91 Å². The maximum Gasteiger partial charge on any atom is 0.248 e. The largest absolute Gasteiger partial charge is 0.488 e. The quantitative estimate of drug-likeness (QED) is 0.560. The number of hydrogen-bond donors (Lipinski definition) is 0. The molecule has 1 aliphatic rings. The summed E-state index contributed by atoms with van der Waals surface area (Å²) in [5, 5.41) is 4.53. The van der Waals surface area contributed by atoms with E-state index in [1.54, 1.807) is 0 Å². The summed E-state index contributed by atoms with van der Waals surface area (Å²) < 4.78 is 7.68. The number of anilines is 1. The van der Waals surface area contributed by atoms with Crippen molar-refractivity contribution in [3.8, 4) is 17.0 Å². The fourth-order valence-corrected chi connectivity index (χ4v) is 3.95. The lowest BCUT2D eigenvalue weighted by atomic mass is 10.0. The number of rotatable bonds is 6. The summed E-state index contributed by atoms with van der Waals surface area (Å²) >= 11 is 0. The molecular weight excluding hydrogens is 374 g/mol. The number of ether oxygens (including phenoxy) is 1. The van der Waals surface area contributed by atoms with Gasteiger partial charge in [-0.25, -0.2) is 0 Å². The summed E-state index contributed by atoms with van der Waals surface area (Å²) in [5.74, 6) is 1.36. The van der Waals surface area contributed by atoms with Crippen LogP contribution in [-0.2, 0) is 17.9 Å². The van der Waals surface area contributed by atoms with Crippen molar-refractivity contribution in [2.45, 2.75) is 53.2 Å². The second-order valence-corrected chi connectivity index (χ2v) is 8.26. The molecule has 5 nitrogen and oxygen atoms in total. The van der Waals surface area contributed by atoms with E-state index in [0.717, 1.165) is 40.2 Å². The molecule has 0 atom stereocenters. The number of nitrogens with zero attached hydrogens (tertiary/aromatic N) is 3. The van der Waals surface area contributed by atoms with Gasteiger partial charge in [0.25, 0.3) is 0 Å². The second-order valence-electron chi connectivity index (χ2n) is 8.26. The first-order chi connectivity index (χ1) is 14.5. The fraction of sp³-hybridized carbons (Fsp3) is 0.360. The first-order valence-electron chi connectivity index (χ1n) is 10.7. The van der Waals surface area contributed by atoms with Gasteiger partial charge in [-0.05, 0) is 49.1 Å². The van der Waals surface area contributed by atoms with Crippen molar-refractivity contribution in [2.75, 3.05) is 11.4 Å². The molecule has 0 saturated carbocycles. The molecule has 0 saturated heterocycles. The zero-order valence-electron chi connectivity index (χ0n) is 18.2. The number of amides is 1. The lowest BCUT2D eigenvalue weighted by molar-refractivity contribution is -0.119. The van der Waals surface area contributed by atoms with Crippen LogP contribution >= 0.6 is 0 Å². The van der Waals surface area contributed by atoms with E-state index in [2.05, 4.69) is 51.0 Å². The molecule has 30 heavy (non-hydrogen) atoms. The topological polar surface area (TPSA) is 47.4 Å². The minimum atomic E-state index is 0.0424. The smallest absolute Gasteiger partial charge is 0.248 e. The normalized spacial score (nSPS) is 12.3. The molecule has 3 aromatic rings. The van der Waals surface area contributed by atoms with Gasteiger partial charge in [-0.3, -0.25) is 9.48 Å². The van der Waals surface area contributed by atoms with Crippen LogP contribution in [0.4, 0.5) is 5.69 Å². The zero-order valence-corrected chi connectivity index (χ0v) is 18.2. The molecule has 2 aromatic carbocycles. The van der Waals surface area contributed by atoms with E-state index >= 15 is 0 Å². The summed E-state index contributed by atoms with van der Waals surface area (Å²) in [6.07, 6.45) is 2.71. The second kappa shape index (κ2) is 8.34. The molecule has 0 fully saturated rings. The fourth-order valence-electron chi connectivity index (χ4n) is 3.95. The van der Waals surface area contributed by atoms with Gasteiger partial charge in [0.15, 0.2) is 0 Å². The lowest BCUT2D eigenvalue weighted by Gasteiger charge is -2.24. The van der Waals surface area contributed by atoms with Gasteiger partial charge in [0.1, 0.15) is 18.9 Å². The highest BCUT2D eigenvalue weighted by Crippen LogP contribution is 2.38. The first kappa shape index (κ1) is 20.2. The molecule has 2 heterocycles. The number of aryl methyl sites for hydroxylation is 1. The van der Waals surface area contributed by atoms with Crippen molar-refractivity contribution < 1.29 is 9.53 Å². The van der Waals surface area contributed by atoms with Crippen LogP contribution in [0.25, 0.3) is 11.3 Å². The minimum Gasteiger partial charge on any atom is -0.488 e. The van der Waals surface area contributed by atoms with Gasteiger partial charge in [-0.15, -0.1) is 0 Å². The Kier molecular flexibility index (Phi) is 5.62. The molecule has 0 spiro atoms. The zero-order chi connectivity index (χ0) is 21.3. The summed E-state index contributed by atoms with van der Waals surface area (Å²) in [4.78, 5) is 15.2. The molecule has 0 radical (unpaired) electrons. The number of carbonyl (C=O) groups excluding carboxylic acids is 1. The van der Waals surface area contributed by atoms with E-state index in [1.807, 2.05) is 40.0 Å². The highest BCUT2D eigenvalue weighted by atomic mass is 16.5. The monoisotopic (exact) mass is 403 g/mol. The van der Waals surface area contributed by atoms with Gasteiger partial charge >= 0.3 is 0 Å². The first-order valence-corrected chi connectivity index (χ1v) is 10.7. The van der Waals surface area contributed by atoms with Crippen LogP contribution in [0.3, 0.4) is 0 Å². The Morgan fingerprint density at radius 2 is 1.97 bits per heavy atom. The molecule has 5 heteroatoms. The van der Waals surface area contributed by atoms with E-state index in [-0.39, 0.29) is 12.5 Å². The SMILES string of the molecule is CCCN(C(=O)Cn1ncc2c1-c1cc(C)ccc1OC2)c1ccc(C(C)C)cc1. The Bertz CT molecular complexity index is 1050. The molecule has 1 amide bonds. The summed E-state index contributed by atoms with van der Waals surface area (Å²) in [7, 11) is 0. The van der Waals surface area contributed by atoms with Crippen molar-refractivity contribution in [2.24, 2.45) is 0 Å². The van der Waals surface area contributed by atoms with Crippen LogP contribution in [0.1, 0.15) is 49.8 Å². The van der Waals surface area contributed by atoms with Crippen molar-refractivity contribution in [1.29, 1.82) is 0 Å². The standard InChI is InChI=1S/C25H29N3O2/c1-5-12-27(21-9-7-19(8-10-21)17(2)3)24(29)15-28-25-20(14-26-28)16-30-23-11-6-18(4)13-22(23)25/h6-11,13-14,17H,5,12,15-16H2,1-4H3. The maximum absolute atomic E-state index is 13.3. The molecule has 4 rings (SSSR count).